The summed E-state index contributed by atoms with van der Waals surface area (Å²) in [6, 6.07) is 9.66. The highest BCUT2D eigenvalue weighted by Gasteiger charge is 2.07. The van der Waals surface area contributed by atoms with Crippen LogP contribution < -0.4 is 4.74 Å². The summed E-state index contributed by atoms with van der Waals surface area (Å²) in [5.41, 5.74) is 1.45. The number of rotatable bonds is 4. The van der Waals surface area contributed by atoms with Crippen LogP contribution in [0.4, 0.5) is 0 Å². The molecule has 0 amide bonds. The molecule has 0 aliphatic rings. The molecule has 0 radical (unpaired) electrons. The van der Waals surface area contributed by atoms with E-state index in [-0.39, 0.29) is 0 Å². The van der Waals surface area contributed by atoms with Gasteiger partial charge < -0.3 is 4.74 Å². The molecule has 0 spiro atoms. The first-order valence-corrected chi connectivity index (χ1v) is 6.39. The van der Waals surface area contributed by atoms with Crippen LogP contribution in [0, 0.1) is 11.3 Å². The molecule has 4 heteroatoms. The van der Waals surface area contributed by atoms with E-state index in [1.807, 2.05) is 24.3 Å². The fraction of sp³-hybridized carbons (Fsp3) is 0.143. The molecule has 1 heterocycles. The van der Waals surface area contributed by atoms with Crippen LogP contribution >= 0.6 is 11.8 Å². The van der Waals surface area contributed by atoms with E-state index in [2.05, 4.69) is 17.6 Å². The van der Waals surface area contributed by atoms with Crippen LogP contribution in [-0.4, -0.2) is 17.8 Å². The maximum atomic E-state index is 9.14. The Morgan fingerprint density at radius 1 is 1.50 bits per heavy atom. The van der Waals surface area contributed by atoms with Gasteiger partial charge in [-0.1, -0.05) is 6.08 Å². The average Bonchev–Trinajstić information content (AvgIpc) is 2.43. The topological polar surface area (TPSA) is 45.9 Å². The van der Waals surface area contributed by atoms with Gasteiger partial charge in [-0.2, -0.15) is 5.26 Å². The van der Waals surface area contributed by atoms with Crippen LogP contribution in [0.1, 0.15) is 5.56 Å². The van der Waals surface area contributed by atoms with Gasteiger partial charge in [0, 0.05) is 11.1 Å². The number of hydrogen-bond donors (Lipinski definition) is 0. The number of ether oxygens (including phenoxy) is 1. The zero-order valence-electron chi connectivity index (χ0n) is 10.0. The van der Waals surface area contributed by atoms with Crippen molar-refractivity contribution in [3.63, 3.8) is 0 Å². The predicted molar refractivity (Wildman–Crippen MR) is 73.9 cm³/mol. The van der Waals surface area contributed by atoms with Crippen LogP contribution in [0.3, 0.4) is 0 Å². The van der Waals surface area contributed by atoms with Crippen LogP contribution in [-0.2, 0) is 0 Å². The normalized spacial score (nSPS) is 10.0. The van der Waals surface area contributed by atoms with E-state index in [0.717, 1.165) is 27.4 Å². The van der Waals surface area contributed by atoms with Crippen molar-refractivity contribution in [1.82, 2.24) is 4.98 Å². The fourth-order valence-corrected chi connectivity index (χ4v) is 2.29. The standard InChI is InChI=1S/C14H12N2OS/c1-3-6-18-14-11(9-15)7-10-8-12(17-2)4-5-13(10)16-14/h3-5,7-8H,1,6H2,2H3. The van der Waals surface area contributed by atoms with E-state index in [9.17, 15) is 0 Å². The van der Waals surface area contributed by atoms with Crippen molar-refractivity contribution in [3.05, 3.63) is 42.5 Å². The number of fused-ring (bicyclic) bond motifs is 1. The summed E-state index contributed by atoms with van der Waals surface area (Å²) in [5, 5.41) is 10.8. The molecule has 0 N–H and O–H groups in total. The third-order valence-corrected chi connectivity index (χ3v) is 3.43. The van der Waals surface area contributed by atoms with E-state index in [1.54, 1.807) is 13.2 Å². The lowest BCUT2D eigenvalue weighted by atomic mass is 10.1. The number of pyridine rings is 1. The highest BCUT2D eigenvalue weighted by atomic mass is 32.2. The van der Waals surface area contributed by atoms with Gasteiger partial charge in [-0.3, -0.25) is 0 Å². The summed E-state index contributed by atoms with van der Waals surface area (Å²) in [5.74, 6) is 1.50. The molecule has 90 valence electrons. The molecule has 2 rings (SSSR count). The Bertz CT molecular complexity index is 631. The Morgan fingerprint density at radius 2 is 2.33 bits per heavy atom. The number of thioether (sulfide) groups is 1. The number of hydrogen-bond acceptors (Lipinski definition) is 4. The summed E-state index contributed by atoms with van der Waals surface area (Å²) in [6.07, 6.45) is 1.80. The van der Waals surface area contributed by atoms with E-state index >= 15 is 0 Å². The molecular weight excluding hydrogens is 244 g/mol. The molecule has 0 fully saturated rings. The number of benzene rings is 1. The minimum absolute atomic E-state index is 0.586. The molecule has 0 saturated heterocycles. The molecule has 18 heavy (non-hydrogen) atoms. The molecular formula is C14H12N2OS. The number of aromatic nitrogens is 1. The molecule has 3 nitrogen and oxygen atoms in total. The second kappa shape index (κ2) is 5.56. The van der Waals surface area contributed by atoms with Gasteiger partial charge in [-0.15, -0.1) is 18.3 Å². The van der Waals surface area contributed by atoms with Gasteiger partial charge in [-0.05, 0) is 24.3 Å². The zero-order valence-corrected chi connectivity index (χ0v) is 10.8. The van der Waals surface area contributed by atoms with Crippen molar-refractivity contribution >= 4 is 22.7 Å². The van der Waals surface area contributed by atoms with Gasteiger partial charge in [-0.25, -0.2) is 4.98 Å². The summed E-state index contributed by atoms with van der Waals surface area (Å²) in [7, 11) is 1.62. The van der Waals surface area contributed by atoms with Crippen LogP contribution in [0.5, 0.6) is 5.75 Å². The molecule has 0 bridgehead atoms. The van der Waals surface area contributed by atoms with Crippen molar-refractivity contribution in [2.24, 2.45) is 0 Å². The van der Waals surface area contributed by atoms with E-state index in [4.69, 9.17) is 10.00 Å². The minimum atomic E-state index is 0.586. The first-order valence-electron chi connectivity index (χ1n) is 5.41. The molecule has 2 aromatic rings. The highest BCUT2D eigenvalue weighted by Crippen LogP contribution is 2.26. The Morgan fingerprint density at radius 3 is 3.00 bits per heavy atom. The third-order valence-electron chi connectivity index (χ3n) is 2.45. The molecule has 1 aromatic heterocycles. The van der Waals surface area contributed by atoms with Crippen LogP contribution in [0.2, 0.25) is 0 Å². The Labute approximate surface area is 110 Å². The highest BCUT2D eigenvalue weighted by molar-refractivity contribution is 7.99. The van der Waals surface area contributed by atoms with Crippen LogP contribution in [0.25, 0.3) is 10.9 Å². The molecule has 1 aromatic carbocycles. The van der Waals surface area contributed by atoms with E-state index in [0.29, 0.717) is 5.56 Å². The summed E-state index contributed by atoms with van der Waals surface area (Å²) < 4.78 is 5.16. The fourth-order valence-electron chi connectivity index (χ4n) is 1.59. The third kappa shape index (κ3) is 2.47. The van der Waals surface area contributed by atoms with Crippen molar-refractivity contribution in [3.8, 4) is 11.8 Å². The summed E-state index contributed by atoms with van der Waals surface area (Å²) >= 11 is 1.51. The van der Waals surface area contributed by atoms with Crippen molar-refractivity contribution in [1.29, 1.82) is 5.26 Å². The first kappa shape index (κ1) is 12.5. The SMILES string of the molecule is C=CCSc1nc2ccc(OC)cc2cc1C#N. The van der Waals surface area contributed by atoms with Crippen molar-refractivity contribution in [2.75, 3.05) is 12.9 Å². The second-order valence-corrected chi connectivity index (χ2v) is 4.62. The lowest BCUT2D eigenvalue weighted by Crippen LogP contribution is -1.90. The Kier molecular flexibility index (Phi) is 3.85. The van der Waals surface area contributed by atoms with Crippen molar-refractivity contribution < 1.29 is 4.74 Å². The number of nitriles is 1. The molecule has 0 unspecified atom stereocenters. The summed E-state index contributed by atoms with van der Waals surface area (Å²) in [6.45, 7) is 3.67. The maximum absolute atomic E-state index is 9.14. The smallest absolute Gasteiger partial charge is 0.119 e. The largest absolute Gasteiger partial charge is 0.497 e. The average molecular weight is 256 g/mol. The maximum Gasteiger partial charge on any atom is 0.119 e. The quantitative estimate of drug-likeness (QED) is 0.621. The molecule has 0 saturated carbocycles. The zero-order chi connectivity index (χ0) is 13.0. The lowest BCUT2D eigenvalue weighted by molar-refractivity contribution is 0.415. The monoisotopic (exact) mass is 256 g/mol. The first-order chi connectivity index (χ1) is 8.78. The number of nitrogens with zero attached hydrogens (tertiary/aromatic N) is 2. The Balaban J connectivity index is 2.54. The van der Waals surface area contributed by atoms with Crippen molar-refractivity contribution in [2.45, 2.75) is 5.03 Å². The van der Waals surface area contributed by atoms with Gasteiger partial charge in [0.05, 0.1) is 18.2 Å². The van der Waals surface area contributed by atoms with E-state index < -0.39 is 0 Å². The summed E-state index contributed by atoms with van der Waals surface area (Å²) in [4.78, 5) is 4.50. The molecule has 0 aliphatic heterocycles. The second-order valence-electron chi connectivity index (χ2n) is 3.61. The van der Waals surface area contributed by atoms with Gasteiger partial charge in [0.15, 0.2) is 0 Å². The van der Waals surface area contributed by atoms with Gasteiger partial charge in [0.2, 0.25) is 0 Å². The van der Waals surface area contributed by atoms with Crippen LogP contribution in [0.15, 0.2) is 41.9 Å². The van der Waals surface area contributed by atoms with Gasteiger partial charge in [0.1, 0.15) is 16.8 Å². The van der Waals surface area contributed by atoms with Gasteiger partial charge in [0.25, 0.3) is 0 Å². The Hall–Kier alpha value is -1.99. The predicted octanol–water partition coefficient (Wildman–Crippen LogP) is 3.39. The molecule has 0 aliphatic carbocycles. The van der Waals surface area contributed by atoms with E-state index in [1.165, 1.54) is 11.8 Å². The molecule has 0 atom stereocenters. The lowest BCUT2D eigenvalue weighted by Gasteiger charge is -2.06. The minimum Gasteiger partial charge on any atom is -0.497 e. The number of methoxy groups -OCH3 is 1. The van der Waals surface area contributed by atoms with Gasteiger partial charge >= 0.3 is 0 Å².